The van der Waals surface area contributed by atoms with Gasteiger partial charge in [0.05, 0.1) is 6.04 Å². The average Bonchev–Trinajstić information content (AvgIpc) is 2.97. The number of rotatable bonds is 2. The van der Waals surface area contributed by atoms with Crippen molar-refractivity contribution in [3.63, 3.8) is 0 Å². The van der Waals surface area contributed by atoms with Gasteiger partial charge in [0.1, 0.15) is 0 Å². The Balaban J connectivity index is 1.67. The lowest BCUT2D eigenvalue weighted by atomic mass is 9.87. The predicted octanol–water partition coefficient (Wildman–Crippen LogP) is 5.02. The van der Waals surface area contributed by atoms with E-state index < -0.39 is 0 Å². The molecule has 1 fully saturated rings. The SMILES string of the molecule is CC1CCC2c3c(c4ccccc4n3Cc3ccccc3)CCN2C1. The van der Waals surface area contributed by atoms with Crippen LogP contribution in [0.4, 0.5) is 0 Å². The molecule has 2 aliphatic rings. The minimum Gasteiger partial charge on any atom is -0.338 e. The molecular weight excluding hydrogens is 304 g/mol. The number of piperidine rings is 1. The monoisotopic (exact) mass is 330 g/mol. The molecule has 0 saturated carbocycles. The average molecular weight is 330 g/mol. The first-order valence-corrected chi connectivity index (χ1v) is 9.69. The molecule has 3 heterocycles. The molecule has 0 aliphatic carbocycles. The second-order valence-corrected chi connectivity index (χ2v) is 7.90. The van der Waals surface area contributed by atoms with Crippen LogP contribution in [0.1, 0.15) is 42.6 Å². The third-order valence-corrected chi connectivity index (χ3v) is 6.19. The topological polar surface area (TPSA) is 8.17 Å². The lowest BCUT2D eigenvalue weighted by Crippen LogP contribution is -2.42. The fourth-order valence-corrected chi connectivity index (χ4v) is 5.03. The van der Waals surface area contributed by atoms with Gasteiger partial charge < -0.3 is 4.57 Å². The molecule has 1 saturated heterocycles. The Bertz CT molecular complexity index is 893. The Morgan fingerprint density at radius 2 is 1.76 bits per heavy atom. The van der Waals surface area contributed by atoms with Crippen LogP contribution in [-0.2, 0) is 13.0 Å². The summed E-state index contributed by atoms with van der Waals surface area (Å²) in [6.45, 7) is 5.88. The predicted molar refractivity (Wildman–Crippen MR) is 104 cm³/mol. The van der Waals surface area contributed by atoms with Gasteiger partial charge in [0, 0.05) is 36.2 Å². The van der Waals surface area contributed by atoms with Crippen LogP contribution in [0.2, 0.25) is 0 Å². The molecule has 3 aromatic rings. The number of nitrogens with zero attached hydrogens (tertiary/aromatic N) is 2. The van der Waals surface area contributed by atoms with E-state index in [0.717, 1.165) is 12.5 Å². The molecule has 0 N–H and O–H groups in total. The summed E-state index contributed by atoms with van der Waals surface area (Å²) in [5.41, 5.74) is 6.02. The fourth-order valence-electron chi connectivity index (χ4n) is 5.03. The van der Waals surface area contributed by atoms with Crippen molar-refractivity contribution in [2.75, 3.05) is 13.1 Å². The number of fused-ring (bicyclic) bond motifs is 5. The molecule has 2 aromatic carbocycles. The third kappa shape index (κ3) is 2.51. The number of hydrogen-bond acceptors (Lipinski definition) is 1. The van der Waals surface area contributed by atoms with Crippen molar-refractivity contribution in [3.8, 4) is 0 Å². The zero-order valence-electron chi connectivity index (χ0n) is 15.0. The minimum absolute atomic E-state index is 0.607. The smallest absolute Gasteiger partial charge is 0.0504 e. The van der Waals surface area contributed by atoms with Gasteiger partial charge in [-0.25, -0.2) is 0 Å². The Kier molecular flexibility index (Phi) is 3.67. The maximum absolute atomic E-state index is 2.75. The van der Waals surface area contributed by atoms with Gasteiger partial charge in [-0.3, -0.25) is 4.90 Å². The number of para-hydroxylation sites is 1. The van der Waals surface area contributed by atoms with Crippen LogP contribution in [0.5, 0.6) is 0 Å². The molecule has 0 spiro atoms. The molecular formula is C23H26N2. The van der Waals surface area contributed by atoms with Crippen molar-refractivity contribution in [1.82, 2.24) is 9.47 Å². The van der Waals surface area contributed by atoms with Crippen LogP contribution < -0.4 is 0 Å². The summed E-state index contributed by atoms with van der Waals surface area (Å²) in [6, 6.07) is 20.6. The number of hydrogen-bond donors (Lipinski definition) is 0. The van der Waals surface area contributed by atoms with E-state index in [0.29, 0.717) is 6.04 Å². The van der Waals surface area contributed by atoms with Crippen molar-refractivity contribution in [2.45, 2.75) is 38.8 Å². The number of aromatic nitrogens is 1. The highest BCUT2D eigenvalue weighted by atomic mass is 15.2. The molecule has 0 amide bonds. The maximum atomic E-state index is 2.75. The van der Waals surface area contributed by atoms with E-state index >= 15 is 0 Å². The highest BCUT2D eigenvalue weighted by Crippen LogP contribution is 2.42. The van der Waals surface area contributed by atoms with Gasteiger partial charge in [0.15, 0.2) is 0 Å². The summed E-state index contributed by atoms with van der Waals surface area (Å²) >= 11 is 0. The quantitative estimate of drug-likeness (QED) is 0.640. The van der Waals surface area contributed by atoms with Crippen molar-refractivity contribution in [2.24, 2.45) is 5.92 Å². The largest absolute Gasteiger partial charge is 0.338 e. The summed E-state index contributed by atoms with van der Waals surface area (Å²) in [5, 5.41) is 1.48. The number of benzene rings is 2. The lowest BCUT2D eigenvalue weighted by Gasteiger charge is -2.42. The van der Waals surface area contributed by atoms with E-state index in [1.165, 1.54) is 48.8 Å². The third-order valence-electron chi connectivity index (χ3n) is 6.19. The molecule has 2 atom stereocenters. The molecule has 2 heteroatoms. The Morgan fingerprint density at radius 1 is 0.960 bits per heavy atom. The summed E-state index contributed by atoms with van der Waals surface area (Å²) in [4.78, 5) is 2.75. The molecule has 1 aromatic heterocycles. The first-order chi connectivity index (χ1) is 12.3. The second kappa shape index (κ2) is 6.03. The lowest BCUT2D eigenvalue weighted by molar-refractivity contribution is 0.100. The minimum atomic E-state index is 0.607. The Labute approximate surface area is 150 Å². The molecule has 5 rings (SSSR count). The van der Waals surface area contributed by atoms with Crippen molar-refractivity contribution in [3.05, 3.63) is 71.4 Å². The highest BCUT2D eigenvalue weighted by molar-refractivity contribution is 5.86. The molecule has 25 heavy (non-hydrogen) atoms. The molecule has 0 bridgehead atoms. The maximum Gasteiger partial charge on any atom is 0.0504 e. The van der Waals surface area contributed by atoms with Gasteiger partial charge in [-0.05, 0) is 42.4 Å². The van der Waals surface area contributed by atoms with Gasteiger partial charge in [-0.2, -0.15) is 0 Å². The Morgan fingerprint density at radius 3 is 2.64 bits per heavy atom. The molecule has 2 nitrogen and oxygen atoms in total. The zero-order valence-corrected chi connectivity index (χ0v) is 15.0. The van der Waals surface area contributed by atoms with E-state index in [-0.39, 0.29) is 0 Å². The van der Waals surface area contributed by atoms with Crippen molar-refractivity contribution < 1.29 is 0 Å². The summed E-state index contributed by atoms with van der Waals surface area (Å²) in [6.07, 6.45) is 3.85. The van der Waals surface area contributed by atoms with Crippen LogP contribution in [0, 0.1) is 5.92 Å². The fraction of sp³-hybridized carbons (Fsp3) is 0.391. The van der Waals surface area contributed by atoms with E-state index in [1.807, 2.05) is 0 Å². The van der Waals surface area contributed by atoms with Gasteiger partial charge in [-0.15, -0.1) is 0 Å². The molecule has 0 radical (unpaired) electrons. The van der Waals surface area contributed by atoms with E-state index in [4.69, 9.17) is 0 Å². The van der Waals surface area contributed by atoms with Crippen LogP contribution in [-0.4, -0.2) is 22.6 Å². The molecule has 128 valence electrons. The van der Waals surface area contributed by atoms with Gasteiger partial charge in [-0.1, -0.05) is 55.5 Å². The highest BCUT2D eigenvalue weighted by Gasteiger charge is 2.35. The molecule has 2 unspecified atom stereocenters. The zero-order chi connectivity index (χ0) is 16.8. The van der Waals surface area contributed by atoms with Crippen LogP contribution >= 0.6 is 0 Å². The second-order valence-electron chi connectivity index (χ2n) is 7.90. The standard InChI is InChI=1S/C23H26N2/c1-17-11-12-22-23-20(13-14-24(22)15-17)19-9-5-6-10-21(19)25(23)16-18-7-3-2-4-8-18/h2-10,17,22H,11-16H2,1H3. The summed E-state index contributed by atoms with van der Waals surface area (Å²) < 4.78 is 2.62. The van der Waals surface area contributed by atoms with Gasteiger partial charge >= 0.3 is 0 Å². The van der Waals surface area contributed by atoms with E-state index in [1.54, 1.807) is 11.3 Å². The Hall–Kier alpha value is -2.06. The van der Waals surface area contributed by atoms with Crippen LogP contribution in [0.25, 0.3) is 10.9 Å². The van der Waals surface area contributed by atoms with E-state index in [9.17, 15) is 0 Å². The summed E-state index contributed by atoms with van der Waals surface area (Å²) in [5.74, 6) is 0.838. The van der Waals surface area contributed by atoms with Crippen molar-refractivity contribution >= 4 is 10.9 Å². The van der Waals surface area contributed by atoms with Gasteiger partial charge in [0.2, 0.25) is 0 Å². The van der Waals surface area contributed by atoms with E-state index in [2.05, 4.69) is 71.0 Å². The first-order valence-electron chi connectivity index (χ1n) is 9.69. The summed E-state index contributed by atoms with van der Waals surface area (Å²) in [7, 11) is 0. The van der Waals surface area contributed by atoms with Crippen LogP contribution in [0.3, 0.4) is 0 Å². The van der Waals surface area contributed by atoms with Crippen LogP contribution in [0.15, 0.2) is 54.6 Å². The van der Waals surface area contributed by atoms with Gasteiger partial charge in [0.25, 0.3) is 0 Å². The molecule has 2 aliphatic heterocycles. The normalized spacial score (nSPS) is 23.4. The van der Waals surface area contributed by atoms with Crippen molar-refractivity contribution in [1.29, 1.82) is 0 Å². The first kappa shape index (κ1) is 15.2.